The van der Waals surface area contributed by atoms with Crippen LogP contribution in [0.1, 0.15) is 45.7 Å². The van der Waals surface area contributed by atoms with Crippen LogP contribution in [0.25, 0.3) is 0 Å². The summed E-state index contributed by atoms with van der Waals surface area (Å²) in [4.78, 5) is 11.3. The smallest absolute Gasteiger partial charge is 0.132 e. The van der Waals surface area contributed by atoms with Crippen molar-refractivity contribution in [2.75, 3.05) is 24.5 Å². The Morgan fingerprint density at radius 1 is 1.40 bits per heavy atom. The summed E-state index contributed by atoms with van der Waals surface area (Å²) in [5.74, 6) is 1.82. The van der Waals surface area contributed by atoms with Crippen LogP contribution in [0.2, 0.25) is 0 Å². The highest BCUT2D eigenvalue weighted by Gasteiger charge is 2.25. The molecule has 0 bridgehead atoms. The van der Waals surface area contributed by atoms with Gasteiger partial charge in [-0.25, -0.2) is 9.97 Å². The van der Waals surface area contributed by atoms with Gasteiger partial charge in [0.2, 0.25) is 0 Å². The minimum absolute atomic E-state index is 0.583. The molecule has 0 aromatic carbocycles. The normalized spacial score (nSPS) is 20.9. The molecule has 4 heteroatoms. The van der Waals surface area contributed by atoms with E-state index in [1.807, 2.05) is 0 Å². The molecule has 1 aliphatic heterocycles. The molecule has 0 saturated carbocycles. The maximum absolute atomic E-state index is 4.48. The first-order chi connectivity index (χ1) is 9.74. The van der Waals surface area contributed by atoms with E-state index in [9.17, 15) is 0 Å². The van der Waals surface area contributed by atoms with Crippen LogP contribution in [-0.2, 0) is 6.42 Å². The summed E-state index contributed by atoms with van der Waals surface area (Å²) in [5, 5.41) is 3.56. The van der Waals surface area contributed by atoms with Crippen molar-refractivity contribution in [1.29, 1.82) is 0 Å². The molecule has 1 saturated heterocycles. The van der Waals surface area contributed by atoms with Gasteiger partial charge in [0.1, 0.15) is 12.1 Å². The van der Waals surface area contributed by atoms with E-state index in [2.05, 4.69) is 47.0 Å². The molecule has 112 valence electrons. The van der Waals surface area contributed by atoms with E-state index in [4.69, 9.17) is 0 Å². The number of hydrogen-bond acceptors (Lipinski definition) is 4. The van der Waals surface area contributed by atoms with Crippen molar-refractivity contribution in [3.63, 3.8) is 0 Å². The lowest BCUT2D eigenvalue weighted by Crippen LogP contribution is -2.44. The number of rotatable bonds is 6. The molecule has 2 atom stereocenters. The van der Waals surface area contributed by atoms with Gasteiger partial charge in [-0.15, -0.1) is 0 Å². The second-order valence-corrected chi connectivity index (χ2v) is 5.81. The zero-order valence-electron chi connectivity index (χ0n) is 13.1. The number of hydrogen-bond donors (Lipinski definition) is 1. The third-order valence-corrected chi connectivity index (χ3v) is 4.23. The van der Waals surface area contributed by atoms with Gasteiger partial charge in [0.05, 0.1) is 0 Å². The summed E-state index contributed by atoms with van der Waals surface area (Å²) in [6.45, 7) is 9.95. The molecule has 2 rings (SSSR count). The van der Waals surface area contributed by atoms with Crippen LogP contribution < -0.4 is 10.2 Å². The first-order valence-electron chi connectivity index (χ1n) is 8.03. The average Bonchev–Trinajstić information content (AvgIpc) is 2.48. The average molecular weight is 276 g/mol. The van der Waals surface area contributed by atoms with Gasteiger partial charge < -0.3 is 10.2 Å². The van der Waals surface area contributed by atoms with E-state index in [1.165, 1.54) is 18.5 Å². The lowest BCUT2D eigenvalue weighted by molar-refractivity contribution is 0.323. The lowest BCUT2D eigenvalue weighted by Gasteiger charge is -2.36. The minimum atomic E-state index is 0.583. The molecule has 1 N–H and O–H groups in total. The summed E-state index contributed by atoms with van der Waals surface area (Å²) < 4.78 is 0. The third kappa shape index (κ3) is 3.92. The fraction of sp³-hybridized carbons (Fsp3) is 0.750. The van der Waals surface area contributed by atoms with Crippen molar-refractivity contribution >= 4 is 5.82 Å². The molecule has 2 heterocycles. The van der Waals surface area contributed by atoms with Crippen molar-refractivity contribution in [2.45, 2.75) is 52.5 Å². The van der Waals surface area contributed by atoms with Crippen molar-refractivity contribution in [2.24, 2.45) is 5.92 Å². The lowest BCUT2D eigenvalue weighted by atomic mass is 9.91. The SMILES string of the molecule is CCCc1cc(N2CCCC(C(C)NCC)C2)ncn1. The molecule has 1 fully saturated rings. The summed E-state index contributed by atoms with van der Waals surface area (Å²) in [6, 6.07) is 2.75. The predicted octanol–water partition coefficient (Wildman–Crippen LogP) is 2.64. The molecule has 0 spiro atoms. The second-order valence-electron chi connectivity index (χ2n) is 5.81. The van der Waals surface area contributed by atoms with E-state index in [1.54, 1.807) is 6.33 Å². The molecular formula is C16H28N4. The molecule has 20 heavy (non-hydrogen) atoms. The summed E-state index contributed by atoms with van der Waals surface area (Å²) in [6.07, 6.45) is 6.47. The van der Waals surface area contributed by atoms with Gasteiger partial charge in [-0.2, -0.15) is 0 Å². The van der Waals surface area contributed by atoms with Crippen LogP contribution in [0.15, 0.2) is 12.4 Å². The standard InChI is InChI=1S/C16H28N4/c1-4-7-15-10-16(19-12-18-15)20-9-6-8-14(11-20)13(3)17-5-2/h10,12-14,17H,4-9,11H2,1-3H3. The summed E-state index contributed by atoms with van der Waals surface area (Å²) in [5.41, 5.74) is 1.17. The molecule has 1 aromatic heterocycles. The van der Waals surface area contributed by atoms with E-state index in [-0.39, 0.29) is 0 Å². The van der Waals surface area contributed by atoms with Gasteiger partial charge in [-0.3, -0.25) is 0 Å². The highest BCUT2D eigenvalue weighted by Crippen LogP contribution is 2.24. The fourth-order valence-corrected chi connectivity index (χ4v) is 3.07. The zero-order chi connectivity index (χ0) is 14.4. The van der Waals surface area contributed by atoms with Gasteiger partial charge in [0, 0.05) is 30.9 Å². The topological polar surface area (TPSA) is 41.0 Å². The predicted molar refractivity (Wildman–Crippen MR) is 84.1 cm³/mol. The van der Waals surface area contributed by atoms with Crippen molar-refractivity contribution in [1.82, 2.24) is 15.3 Å². The Balaban J connectivity index is 2.02. The monoisotopic (exact) mass is 276 g/mol. The van der Waals surface area contributed by atoms with Gasteiger partial charge in [0.25, 0.3) is 0 Å². The molecule has 1 aromatic rings. The van der Waals surface area contributed by atoms with Crippen molar-refractivity contribution in [3.8, 4) is 0 Å². The Morgan fingerprint density at radius 2 is 2.25 bits per heavy atom. The van der Waals surface area contributed by atoms with Crippen LogP contribution in [0.5, 0.6) is 0 Å². The van der Waals surface area contributed by atoms with Crippen molar-refractivity contribution in [3.05, 3.63) is 18.1 Å². The molecule has 0 amide bonds. The Hall–Kier alpha value is -1.16. The maximum Gasteiger partial charge on any atom is 0.132 e. The number of aryl methyl sites for hydroxylation is 1. The first kappa shape index (κ1) is 15.2. The van der Waals surface area contributed by atoms with E-state index >= 15 is 0 Å². The van der Waals surface area contributed by atoms with E-state index in [0.717, 1.165) is 38.3 Å². The Bertz CT molecular complexity index is 407. The fourth-order valence-electron chi connectivity index (χ4n) is 3.07. The third-order valence-electron chi connectivity index (χ3n) is 4.23. The van der Waals surface area contributed by atoms with Crippen LogP contribution >= 0.6 is 0 Å². The van der Waals surface area contributed by atoms with Gasteiger partial charge in [-0.05, 0) is 38.6 Å². The van der Waals surface area contributed by atoms with Crippen LogP contribution in [-0.4, -0.2) is 35.6 Å². The van der Waals surface area contributed by atoms with Crippen LogP contribution in [0.4, 0.5) is 5.82 Å². The van der Waals surface area contributed by atoms with Crippen LogP contribution in [0.3, 0.4) is 0 Å². The highest BCUT2D eigenvalue weighted by atomic mass is 15.2. The quantitative estimate of drug-likeness (QED) is 0.867. The maximum atomic E-state index is 4.48. The zero-order valence-corrected chi connectivity index (χ0v) is 13.1. The van der Waals surface area contributed by atoms with Gasteiger partial charge >= 0.3 is 0 Å². The summed E-state index contributed by atoms with van der Waals surface area (Å²) >= 11 is 0. The molecule has 0 aliphatic carbocycles. The number of piperidine rings is 1. The highest BCUT2D eigenvalue weighted by molar-refractivity contribution is 5.39. The summed E-state index contributed by atoms with van der Waals surface area (Å²) in [7, 11) is 0. The number of anilines is 1. The number of nitrogens with zero attached hydrogens (tertiary/aromatic N) is 3. The molecular weight excluding hydrogens is 248 g/mol. The Kier molecular flexibility index (Phi) is 5.77. The van der Waals surface area contributed by atoms with E-state index in [0.29, 0.717) is 12.0 Å². The number of nitrogens with one attached hydrogen (secondary N) is 1. The van der Waals surface area contributed by atoms with E-state index < -0.39 is 0 Å². The second kappa shape index (κ2) is 7.58. The molecule has 1 aliphatic rings. The first-order valence-corrected chi connectivity index (χ1v) is 8.03. The Labute approximate surface area is 123 Å². The Morgan fingerprint density at radius 3 is 3.00 bits per heavy atom. The minimum Gasteiger partial charge on any atom is -0.356 e. The van der Waals surface area contributed by atoms with Gasteiger partial charge in [0.15, 0.2) is 0 Å². The molecule has 4 nitrogen and oxygen atoms in total. The molecule has 0 radical (unpaired) electrons. The van der Waals surface area contributed by atoms with Crippen molar-refractivity contribution < 1.29 is 0 Å². The number of aromatic nitrogens is 2. The molecule has 2 unspecified atom stereocenters. The van der Waals surface area contributed by atoms with Gasteiger partial charge in [-0.1, -0.05) is 20.3 Å². The largest absolute Gasteiger partial charge is 0.356 e. The van der Waals surface area contributed by atoms with Crippen LogP contribution in [0, 0.1) is 5.92 Å².